The summed E-state index contributed by atoms with van der Waals surface area (Å²) in [4.78, 5) is 0. The molecule has 26 heavy (non-hydrogen) atoms. The fourth-order valence-corrected chi connectivity index (χ4v) is 4.64. The molecule has 2 fully saturated rings. The highest BCUT2D eigenvalue weighted by molar-refractivity contribution is 5.27. The second-order valence-electron chi connectivity index (χ2n) is 8.24. The largest absolute Gasteiger partial charge is 0.348 e. The molecule has 1 aliphatic carbocycles. The standard InChI is InChI=1S/C23H33NO2/c1-3-5-18-15-25-22(26-16-18)21-8-6-19(7-9-21)20-10-13-23(17-24,12-4-2)14-11-20/h6-9,18,20,22H,3-5,10-16H2,1-2H3. The molecule has 1 aromatic rings. The third-order valence-electron chi connectivity index (χ3n) is 6.25. The lowest BCUT2D eigenvalue weighted by Gasteiger charge is -2.35. The summed E-state index contributed by atoms with van der Waals surface area (Å²) in [7, 11) is 0. The van der Waals surface area contributed by atoms with Crippen LogP contribution in [0.1, 0.15) is 88.5 Å². The predicted molar refractivity (Wildman–Crippen MR) is 104 cm³/mol. The second-order valence-corrected chi connectivity index (χ2v) is 8.24. The molecule has 142 valence electrons. The molecule has 0 spiro atoms. The summed E-state index contributed by atoms with van der Waals surface area (Å²) in [5, 5.41) is 9.58. The van der Waals surface area contributed by atoms with E-state index in [4.69, 9.17) is 9.47 Å². The zero-order valence-corrected chi connectivity index (χ0v) is 16.4. The van der Waals surface area contributed by atoms with E-state index in [1.807, 2.05) is 0 Å². The molecule has 3 nitrogen and oxygen atoms in total. The molecule has 3 heteroatoms. The lowest BCUT2D eigenvalue weighted by molar-refractivity contribution is -0.206. The number of benzene rings is 1. The van der Waals surface area contributed by atoms with Crippen molar-refractivity contribution in [2.45, 2.75) is 77.4 Å². The number of nitrogens with zero attached hydrogens (tertiary/aromatic N) is 1. The maximum atomic E-state index is 9.58. The Morgan fingerprint density at radius 3 is 2.15 bits per heavy atom. The van der Waals surface area contributed by atoms with Crippen LogP contribution in [0.15, 0.2) is 24.3 Å². The average molecular weight is 356 g/mol. The van der Waals surface area contributed by atoms with Crippen LogP contribution in [0.25, 0.3) is 0 Å². The molecule has 0 amide bonds. The van der Waals surface area contributed by atoms with Gasteiger partial charge in [0, 0.05) is 11.5 Å². The number of ether oxygens (including phenoxy) is 2. The first-order chi connectivity index (χ1) is 12.7. The van der Waals surface area contributed by atoms with Crippen LogP contribution in [0.2, 0.25) is 0 Å². The summed E-state index contributed by atoms with van der Waals surface area (Å²) in [6, 6.07) is 11.4. The van der Waals surface area contributed by atoms with Gasteiger partial charge < -0.3 is 9.47 Å². The number of hydrogen-bond acceptors (Lipinski definition) is 3. The first-order valence-electron chi connectivity index (χ1n) is 10.4. The average Bonchev–Trinajstić information content (AvgIpc) is 2.70. The Morgan fingerprint density at radius 2 is 1.62 bits per heavy atom. The van der Waals surface area contributed by atoms with E-state index in [0.717, 1.165) is 57.3 Å². The Labute approximate surface area is 158 Å². The molecule has 0 bridgehead atoms. The van der Waals surface area contributed by atoms with Crippen LogP contribution in [0.4, 0.5) is 0 Å². The van der Waals surface area contributed by atoms with Gasteiger partial charge in [-0.15, -0.1) is 0 Å². The predicted octanol–water partition coefficient (Wildman–Crippen LogP) is 6.12. The molecule has 0 aromatic heterocycles. The smallest absolute Gasteiger partial charge is 0.183 e. The molecule has 2 aliphatic rings. The van der Waals surface area contributed by atoms with Crippen molar-refractivity contribution in [2.75, 3.05) is 13.2 Å². The normalized spacial score (nSPS) is 32.1. The summed E-state index contributed by atoms with van der Waals surface area (Å²) >= 11 is 0. The van der Waals surface area contributed by atoms with Crippen LogP contribution >= 0.6 is 0 Å². The van der Waals surface area contributed by atoms with Crippen LogP contribution in [-0.4, -0.2) is 13.2 Å². The zero-order valence-electron chi connectivity index (χ0n) is 16.4. The monoisotopic (exact) mass is 355 g/mol. The van der Waals surface area contributed by atoms with Crippen molar-refractivity contribution in [3.8, 4) is 6.07 Å². The van der Waals surface area contributed by atoms with Gasteiger partial charge in [0.1, 0.15) is 0 Å². The Kier molecular flexibility index (Phi) is 6.73. The molecule has 1 heterocycles. The van der Waals surface area contributed by atoms with Crippen molar-refractivity contribution in [3.05, 3.63) is 35.4 Å². The quantitative estimate of drug-likeness (QED) is 0.617. The van der Waals surface area contributed by atoms with Crippen LogP contribution in [-0.2, 0) is 9.47 Å². The first-order valence-corrected chi connectivity index (χ1v) is 10.4. The molecular weight excluding hydrogens is 322 g/mol. The van der Waals surface area contributed by atoms with Crippen molar-refractivity contribution in [1.82, 2.24) is 0 Å². The molecule has 0 unspecified atom stereocenters. The van der Waals surface area contributed by atoms with Gasteiger partial charge in [0.05, 0.1) is 24.7 Å². The third-order valence-corrected chi connectivity index (χ3v) is 6.25. The van der Waals surface area contributed by atoms with E-state index >= 15 is 0 Å². The van der Waals surface area contributed by atoms with Gasteiger partial charge in [0.2, 0.25) is 0 Å². The fourth-order valence-electron chi connectivity index (χ4n) is 4.64. The minimum absolute atomic E-state index is 0.0655. The maximum absolute atomic E-state index is 9.58. The SMILES string of the molecule is CCCC1COC(c2ccc(C3CCC(C#N)(CCC)CC3)cc2)OC1. The minimum Gasteiger partial charge on any atom is -0.348 e. The molecule has 1 saturated carbocycles. The molecule has 0 atom stereocenters. The summed E-state index contributed by atoms with van der Waals surface area (Å²) < 4.78 is 11.9. The highest BCUT2D eigenvalue weighted by Gasteiger charge is 2.35. The van der Waals surface area contributed by atoms with E-state index < -0.39 is 0 Å². The van der Waals surface area contributed by atoms with E-state index in [9.17, 15) is 5.26 Å². The van der Waals surface area contributed by atoms with Crippen LogP contribution < -0.4 is 0 Å². The van der Waals surface area contributed by atoms with Gasteiger partial charge in [-0.2, -0.15) is 5.26 Å². The third kappa shape index (κ3) is 4.48. The first kappa shape index (κ1) is 19.4. The summed E-state index contributed by atoms with van der Waals surface area (Å²) in [5.74, 6) is 1.13. The molecule has 1 aromatic carbocycles. The van der Waals surface area contributed by atoms with Crippen molar-refractivity contribution in [3.63, 3.8) is 0 Å². The maximum Gasteiger partial charge on any atom is 0.183 e. The van der Waals surface area contributed by atoms with Crippen molar-refractivity contribution in [2.24, 2.45) is 11.3 Å². The van der Waals surface area contributed by atoms with Crippen LogP contribution in [0, 0.1) is 22.7 Å². The molecule has 1 aliphatic heterocycles. The molecule has 0 N–H and O–H groups in total. The van der Waals surface area contributed by atoms with E-state index in [1.165, 1.54) is 18.4 Å². The van der Waals surface area contributed by atoms with Crippen molar-refractivity contribution >= 4 is 0 Å². The van der Waals surface area contributed by atoms with Gasteiger partial charge in [-0.25, -0.2) is 0 Å². The van der Waals surface area contributed by atoms with E-state index in [-0.39, 0.29) is 11.7 Å². The van der Waals surface area contributed by atoms with Gasteiger partial charge in [0.25, 0.3) is 0 Å². The van der Waals surface area contributed by atoms with Crippen LogP contribution in [0.5, 0.6) is 0 Å². The van der Waals surface area contributed by atoms with E-state index in [0.29, 0.717) is 11.8 Å². The number of nitriles is 1. The van der Waals surface area contributed by atoms with E-state index in [2.05, 4.69) is 44.2 Å². The Hall–Kier alpha value is -1.37. The molecule has 0 radical (unpaired) electrons. The van der Waals surface area contributed by atoms with Gasteiger partial charge in [-0.1, -0.05) is 51.0 Å². The number of rotatable bonds is 6. The minimum atomic E-state index is -0.209. The summed E-state index contributed by atoms with van der Waals surface area (Å²) in [6.07, 6.45) is 8.63. The summed E-state index contributed by atoms with van der Waals surface area (Å²) in [6.45, 7) is 6.00. The van der Waals surface area contributed by atoms with Crippen molar-refractivity contribution in [1.29, 1.82) is 5.26 Å². The van der Waals surface area contributed by atoms with E-state index in [1.54, 1.807) is 0 Å². The van der Waals surface area contributed by atoms with Crippen LogP contribution in [0.3, 0.4) is 0 Å². The van der Waals surface area contributed by atoms with Gasteiger partial charge in [-0.3, -0.25) is 0 Å². The molecular formula is C23H33NO2. The Morgan fingerprint density at radius 1 is 1.00 bits per heavy atom. The summed E-state index contributed by atoms with van der Waals surface area (Å²) in [5.41, 5.74) is 2.46. The van der Waals surface area contributed by atoms with Gasteiger partial charge in [-0.05, 0) is 50.0 Å². The molecule has 3 rings (SSSR count). The fraction of sp³-hybridized carbons (Fsp3) is 0.696. The highest BCUT2D eigenvalue weighted by Crippen LogP contribution is 2.45. The lowest BCUT2D eigenvalue weighted by Crippen LogP contribution is -2.27. The second kappa shape index (κ2) is 9.02. The highest BCUT2D eigenvalue weighted by atomic mass is 16.7. The Balaban J connectivity index is 1.55. The topological polar surface area (TPSA) is 42.2 Å². The van der Waals surface area contributed by atoms with Crippen molar-refractivity contribution < 1.29 is 9.47 Å². The molecule has 1 saturated heterocycles. The number of hydrogen-bond donors (Lipinski definition) is 0. The lowest BCUT2D eigenvalue weighted by atomic mass is 9.68. The van der Waals surface area contributed by atoms with Gasteiger partial charge >= 0.3 is 0 Å². The zero-order chi connectivity index (χ0) is 18.4. The van der Waals surface area contributed by atoms with Gasteiger partial charge in [0.15, 0.2) is 6.29 Å². The Bertz CT molecular complexity index is 588.